The molecule has 4 atom stereocenters. The number of aliphatic hydroxyl groups is 2. The van der Waals surface area contributed by atoms with Crippen molar-refractivity contribution < 1.29 is 44.4 Å². The fourth-order valence-electron chi connectivity index (χ4n) is 2.35. The molecule has 0 spiro atoms. The number of aliphatic hydroxyl groups excluding tert-OH is 2. The summed E-state index contributed by atoms with van der Waals surface area (Å²) < 4.78 is 0. The molecule has 0 aliphatic carbocycles. The van der Waals surface area contributed by atoms with Gasteiger partial charge in [0.2, 0.25) is 17.7 Å². The quantitative estimate of drug-likeness (QED) is 0.136. The number of nitrogens with one attached hydrogen (secondary N) is 3. The molecule has 0 rings (SSSR count). The molecule has 30 heavy (non-hydrogen) atoms. The molecular weight excluding hydrogens is 404 g/mol. The molecule has 0 aliphatic rings. The van der Waals surface area contributed by atoms with E-state index in [1.807, 2.05) is 19.2 Å². The van der Waals surface area contributed by atoms with Gasteiger partial charge in [-0.25, -0.2) is 4.79 Å². The van der Waals surface area contributed by atoms with E-state index in [9.17, 15) is 29.1 Å². The second-order valence-electron chi connectivity index (χ2n) is 7.06. The number of nitrogens with two attached hydrogens (primary N) is 1. The van der Waals surface area contributed by atoms with Crippen LogP contribution in [0.4, 0.5) is 0 Å². The molecule has 4 unspecified atom stereocenters. The zero-order valence-corrected chi connectivity index (χ0v) is 16.8. The SMILES string of the molecule is CC(C)CC(N)C(=O)NC(CCC(=O)O)C(=O)NC(CO)C(=O)NC(CO)C(=O)O. The van der Waals surface area contributed by atoms with Gasteiger partial charge in [-0.15, -0.1) is 0 Å². The number of carboxylic acids is 2. The Kier molecular flexibility index (Phi) is 12.2. The van der Waals surface area contributed by atoms with Crippen LogP contribution in [0.25, 0.3) is 0 Å². The van der Waals surface area contributed by atoms with Gasteiger partial charge in [0.05, 0.1) is 19.3 Å². The highest BCUT2D eigenvalue weighted by Crippen LogP contribution is 2.05. The van der Waals surface area contributed by atoms with E-state index in [0.717, 1.165) is 0 Å². The third-order valence-electron chi connectivity index (χ3n) is 3.95. The molecule has 0 aromatic carbocycles. The Morgan fingerprint density at radius 2 is 1.27 bits per heavy atom. The highest BCUT2D eigenvalue weighted by molar-refractivity contribution is 5.94. The lowest BCUT2D eigenvalue weighted by Gasteiger charge is -2.24. The number of hydrogen-bond acceptors (Lipinski definition) is 8. The molecule has 13 heteroatoms. The third kappa shape index (κ3) is 10.1. The summed E-state index contributed by atoms with van der Waals surface area (Å²) in [7, 11) is 0. The maximum atomic E-state index is 12.5. The number of carbonyl (C=O) groups is 5. The lowest BCUT2D eigenvalue weighted by molar-refractivity contribution is -0.143. The summed E-state index contributed by atoms with van der Waals surface area (Å²) in [6, 6.07) is -5.55. The first-order valence-corrected chi connectivity index (χ1v) is 9.25. The number of hydrogen-bond donors (Lipinski definition) is 8. The Morgan fingerprint density at radius 3 is 1.70 bits per heavy atom. The normalized spacial score (nSPS) is 14.9. The molecule has 172 valence electrons. The summed E-state index contributed by atoms with van der Waals surface area (Å²) in [5, 5.41) is 42.4. The van der Waals surface area contributed by atoms with Crippen molar-refractivity contribution in [2.24, 2.45) is 11.7 Å². The Bertz CT molecular complexity index is 626. The van der Waals surface area contributed by atoms with Crippen LogP contribution in [0.5, 0.6) is 0 Å². The summed E-state index contributed by atoms with van der Waals surface area (Å²) in [6.45, 7) is 1.84. The first kappa shape index (κ1) is 27.2. The van der Waals surface area contributed by atoms with Gasteiger partial charge in [0.15, 0.2) is 0 Å². The molecule has 0 fully saturated rings. The van der Waals surface area contributed by atoms with Gasteiger partial charge < -0.3 is 42.1 Å². The molecule has 3 amide bonds. The van der Waals surface area contributed by atoms with Crippen molar-refractivity contribution in [1.82, 2.24) is 16.0 Å². The van der Waals surface area contributed by atoms with Crippen molar-refractivity contribution in [3.8, 4) is 0 Å². The smallest absolute Gasteiger partial charge is 0.328 e. The van der Waals surface area contributed by atoms with Crippen molar-refractivity contribution in [3.05, 3.63) is 0 Å². The second-order valence-corrected chi connectivity index (χ2v) is 7.06. The van der Waals surface area contributed by atoms with Crippen LogP contribution in [-0.2, 0) is 24.0 Å². The summed E-state index contributed by atoms with van der Waals surface area (Å²) in [5.74, 6) is -5.41. The summed E-state index contributed by atoms with van der Waals surface area (Å²) in [5.41, 5.74) is 5.75. The zero-order chi connectivity index (χ0) is 23.4. The van der Waals surface area contributed by atoms with Gasteiger partial charge in [0.1, 0.15) is 18.1 Å². The van der Waals surface area contributed by atoms with E-state index < -0.39 is 73.5 Å². The maximum Gasteiger partial charge on any atom is 0.328 e. The average Bonchev–Trinajstić information content (AvgIpc) is 2.65. The van der Waals surface area contributed by atoms with E-state index >= 15 is 0 Å². The molecule has 0 heterocycles. The standard InChI is InChI=1S/C17H30N4O9/c1-8(2)5-9(18)14(26)19-10(3-4-13(24)25)15(27)20-11(6-22)16(28)21-12(7-23)17(29)30/h8-12,22-23H,3-7,18H2,1-2H3,(H,19,26)(H,20,27)(H,21,28)(H,24,25)(H,29,30). The van der Waals surface area contributed by atoms with Crippen molar-refractivity contribution in [2.45, 2.75) is 57.3 Å². The molecule has 13 nitrogen and oxygen atoms in total. The van der Waals surface area contributed by atoms with Crippen LogP contribution in [0.15, 0.2) is 0 Å². The van der Waals surface area contributed by atoms with Crippen molar-refractivity contribution in [2.75, 3.05) is 13.2 Å². The van der Waals surface area contributed by atoms with Crippen LogP contribution < -0.4 is 21.7 Å². The molecule has 0 aliphatic heterocycles. The predicted octanol–water partition coefficient (Wildman–Crippen LogP) is -3.25. The van der Waals surface area contributed by atoms with Crippen LogP contribution in [0.2, 0.25) is 0 Å². The monoisotopic (exact) mass is 434 g/mol. The largest absolute Gasteiger partial charge is 0.481 e. The van der Waals surface area contributed by atoms with Crippen molar-refractivity contribution in [1.29, 1.82) is 0 Å². The van der Waals surface area contributed by atoms with Gasteiger partial charge in [-0.3, -0.25) is 19.2 Å². The van der Waals surface area contributed by atoms with E-state index in [1.165, 1.54) is 0 Å². The Morgan fingerprint density at radius 1 is 0.800 bits per heavy atom. The fraction of sp³-hybridized carbons (Fsp3) is 0.706. The minimum atomic E-state index is -1.65. The lowest BCUT2D eigenvalue weighted by Crippen LogP contribution is -2.58. The Hall–Kier alpha value is -2.77. The molecule has 0 aromatic rings. The van der Waals surface area contributed by atoms with Gasteiger partial charge >= 0.3 is 11.9 Å². The van der Waals surface area contributed by atoms with Crippen molar-refractivity contribution in [3.63, 3.8) is 0 Å². The average molecular weight is 434 g/mol. The topological polar surface area (TPSA) is 228 Å². The van der Waals surface area contributed by atoms with E-state index in [4.69, 9.17) is 21.1 Å². The minimum Gasteiger partial charge on any atom is -0.481 e. The molecule has 0 radical (unpaired) electrons. The summed E-state index contributed by atoms with van der Waals surface area (Å²) in [6.07, 6.45) is -0.465. The number of rotatable bonds is 14. The Labute approximate surface area is 173 Å². The second kappa shape index (κ2) is 13.5. The first-order valence-electron chi connectivity index (χ1n) is 9.25. The molecule has 9 N–H and O–H groups in total. The molecule has 0 saturated carbocycles. The number of carboxylic acid groups (broad SMARTS) is 2. The minimum absolute atomic E-state index is 0.0909. The number of aliphatic carboxylic acids is 2. The predicted molar refractivity (Wildman–Crippen MR) is 102 cm³/mol. The number of amides is 3. The van der Waals surface area contributed by atoms with E-state index in [-0.39, 0.29) is 12.3 Å². The lowest BCUT2D eigenvalue weighted by atomic mass is 10.0. The van der Waals surface area contributed by atoms with Crippen LogP contribution in [0.1, 0.15) is 33.1 Å². The maximum absolute atomic E-state index is 12.5. The van der Waals surface area contributed by atoms with Gasteiger partial charge in [-0.1, -0.05) is 13.8 Å². The van der Waals surface area contributed by atoms with Crippen LogP contribution in [-0.4, -0.2) is 87.5 Å². The Balaban J connectivity index is 5.22. The van der Waals surface area contributed by atoms with E-state index in [2.05, 4.69) is 10.6 Å². The van der Waals surface area contributed by atoms with Crippen LogP contribution >= 0.6 is 0 Å². The first-order chi connectivity index (χ1) is 13.9. The molecule has 0 bridgehead atoms. The third-order valence-corrected chi connectivity index (χ3v) is 3.95. The van der Waals surface area contributed by atoms with Crippen LogP contribution in [0.3, 0.4) is 0 Å². The van der Waals surface area contributed by atoms with E-state index in [0.29, 0.717) is 6.42 Å². The van der Waals surface area contributed by atoms with E-state index in [1.54, 1.807) is 0 Å². The highest BCUT2D eigenvalue weighted by atomic mass is 16.4. The molecular formula is C17H30N4O9. The summed E-state index contributed by atoms with van der Waals surface area (Å²) in [4.78, 5) is 58.5. The van der Waals surface area contributed by atoms with Gasteiger partial charge in [-0.05, 0) is 18.8 Å². The molecule has 0 saturated heterocycles. The number of carbonyl (C=O) groups excluding carboxylic acids is 3. The van der Waals surface area contributed by atoms with Gasteiger partial charge in [0.25, 0.3) is 0 Å². The molecule has 0 aromatic heterocycles. The van der Waals surface area contributed by atoms with Crippen LogP contribution in [0, 0.1) is 5.92 Å². The van der Waals surface area contributed by atoms with Crippen molar-refractivity contribution >= 4 is 29.7 Å². The fourth-order valence-corrected chi connectivity index (χ4v) is 2.35. The summed E-state index contributed by atoms with van der Waals surface area (Å²) >= 11 is 0. The highest BCUT2D eigenvalue weighted by Gasteiger charge is 2.30. The zero-order valence-electron chi connectivity index (χ0n) is 16.8. The van der Waals surface area contributed by atoms with Gasteiger partial charge in [0, 0.05) is 6.42 Å². The van der Waals surface area contributed by atoms with Gasteiger partial charge in [-0.2, -0.15) is 0 Å².